The predicted octanol–water partition coefficient (Wildman–Crippen LogP) is 3.25. The van der Waals surface area contributed by atoms with Gasteiger partial charge in [0.15, 0.2) is 11.5 Å². The largest absolute Gasteiger partial charge is 0.454 e. The standard InChI is InChI=1S/C20H20N2O4S/c1-22(12-19(23)21-15-5-3-4-6-18(15)27-2)20(24)10-8-14-7-9-16-17(11-14)26-13-25-16/h3-11H,12-13H2,1-2H3,(H,21,23)/b10-8+. The van der Waals surface area contributed by atoms with Crippen LogP contribution < -0.4 is 14.8 Å². The fourth-order valence-electron chi connectivity index (χ4n) is 2.54. The number of nitrogens with one attached hydrogen (secondary N) is 1. The lowest BCUT2D eigenvalue weighted by Crippen LogP contribution is -2.33. The Morgan fingerprint density at radius 2 is 1.96 bits per heavy atom. The van der Waals surface area contributed by atoms with Crippen LogP contribution in [0.2, 0.25) is 0 Å². The molecule has 0 aliphatic carbocycles. The van der Waals surface area contributed by atoms with Crippen molar-refractivity contribution in [2.24, 2.45) is 0 Å². The van der Waals surface area contributed by atoms with Gasteiger partial charge >= 0.3 is 0 Å². The third kappa shape index (κ3) is 4.83. The lowest BCUT2D eigenvalue weighted by atomic mass is 10.2. The Hall–Kier alpha value is -2.93. The minimum absolute atomic E-state index is 0.0347. The number of hydrogen-bond acceptors (Lipinski definition) is 5. The first-order chi connectivity index (χ1) is 13.1. The number of para-hydroxylation sites is 1. The van der Waals surface area contributed by atoms with E-state index in [9.17, 15) is 9.59 Å². The highest BCUT2D eigenvalue weighted by Crippen LogP contribution is 2.32. The summed E-state index contributed by atoms with van der Waals surface area (Å²) >= 11 is 1.55. The number of likely N-dealkylation sites (N-methyl/N-ethyl adjacent to an activating group) is 1. The number of ether oxygens (including phenoxy) is 2. The molecule has 1 aliphatic heterocycles. The van der Waals surface area contributed by atoms with Crippen LogP contribution in [0.15, 0.2) is 53.4 Å². The minimum atomic E-state index is -0.263. The summed E-state index contributed by atoms with van der Waals surface area (Å²) in [7, 11) is 1.59. The van der Waals surface area contributed by atoms with Crippen LogP contribution in [0.3, 0.4) is 0 Å². The van der Waals surface area contributed by atoms with Gasteiger partial charge in [-0.15, -0.1) is 11.8 Å². The van der Waals surface area contributed by atoms with Gasteiger partial charge in [0.25, 0.3) is 0 Å². The Bertz CT molecular complexity index is 882. The molecule has 0 saturated heterocycles. The van der Waals surface area contributed by atoms with Crippen molar-refractivity contribution in [3.05, 3.63) is 54.1 Å². The summed E-state index contributed by atoms with van der Waals surface area (Å²) in [5.74, 6) is 0.840. The topological polar surface area (TPSA) is 67.9 Å². The van der Waals surface area contributed by atoms with Gasteiger partial charge in [-0.25, -0.2) is 0 Å². The normalized spacial score (nSPS) is 12.2. The summed E-state index contributed by atoms with van der Waals surface area (Å²) in [5, 5.41) is 2.84. The zero-order valence-electron chi connectivity index (χ0n) is 15.1. The number of benzene rings is 2. The smallest absolute Gasteiger partial charge is 0.246 e. The van der Waals surface area contributed by atoms with Crippen molar-refractivity contribution in [3.63, 3.8) is 0 Å². The molecular formula is C20H20N2O4S. The van der Waals surface area contributed by atoms with E-state index in [1.165, 1.54) is 11.0 Å². The zero-order chi connectivity index (χ0) is 19.2. The molecule has 0 saturated carbocycles. The maximum atomic E-state index is 12.3. The van der Waals surface area contributed by atoms with Gasteiger partial charge in [0, 0.05) is 18.0 Å². The van der Waals surface area contributed by atoms with Gasteiger partial charge in [-0.2, -0.15) is 0 Å². The van der Waals surface area contributed by atoms with Crippen molar-refractivity contribution in [1.29, 1.82) is 0 Å². The molecule has 0 unspecified atom stereocenters. The van der Waals surface area contributed by atoms with Crippen LogP contribution in [0, 0.1) is 0 Å². The monoisotopic (exact) mass is 384 g/mol. The van der Waals surface area contributed by atoms with Gasteiger partial charge in [0.1, 0.15) is 0 Å². The summed E-state index contributed by atoms with van der Waals surface area (Å²) in [5.41, 5.74) is 1.56. The van der Waals surface area contributed by atoms with Crippen molar-refractivity contribution in [3.8, 4) is 11.5 Å². The van der Waals surface area contributed by atoms with Gasteiger partial charge in [-0.05, 0) is 42.2 Å². The fraction of sp³-hybridized carbons (Fsp3) is 0.200. The van der Waals surface area contributed by atoms with Crippen LogP contribution in [0.25, 0.3) is 6.08 Å². The fourth-order valence-corrected chi connectivity index (χ4v) is 3.10. The van der Waals surface area contributed by atoms with Gasteiger partial charge in [0.2, 0.25) is 18.6 Å². The van der Waals surface area contributed by atoms with E-state index in [2.05, 4.69) is 5.32 Å². The molecule has 0 spiro atoms. The Kier molecular flexibility index (Phi) is 6.03. The second kappa shape index (κ2) is 8.64. The second-order valence-corrected chi connectivity index (χ2v) is 6.74. The first-order valence-corrected chi connectivity index (χ1v) is 9.55. The average molecular weight is 384 g/mol. The number of anilines is 1. The molecule has 7 heteroatoms. The molecule has 1 heterocycles. The second-order valence-electron chi connectivity index (χ2n) is 5.89. The van der Waals surface area contributed by atoms with E-state index in [0.29, 0.717) is 11.5 Å². The van der Waals surface area contributed by atoms with Crippen molar-refractivity contribution in [2.45, 2.75) is 4.90 Å². The molecule has 2 aromatic rings. The highest BCUT2D eigenvalue weighted by atomic mass is 32.2. The number of carbonyl (C=O) groups excluding carboxylic acids is 2. The summed E-state index contributed by atoms with van der Waals surface area (Å²) in [4.78, 5) is 26.8. The highest BCUT2D eigenvalue weighted by molar-refractivity contribution is 7.98. The molecule has 0 bridgehead atoms. The number of nitrogens with zero attached hydrogens (tertiary/aromatic N) is 1. The van der Waals surface area contributed by atoms with Crippen molar-refractivity contribution < 1.29 is 19.1 Å². The number of thioether (sulfide) groups is 1. The van der Waals surface area contributed by atoms with E-state index in [0.717, 1.165) is 16.1 Å². The lowest BCUT2D eigenvalue weighted by Gasteiger charge is -2.15. The molecule has 0 fully saturated rings. The molecule has 0 aromatic heterocycles. The number of hydrogen-bond donors (Lipinski definition) is 1. The van der Waals surface area contributed by atoms with Crippen LogP contribution in [0.1, 0.15) is 5.56 Å². The van der Waals surface area contributed by atoms with Crippen molar-refractivity contribution >= 4 is 35.3 Å². The average Bonchev–Trinajstić information content (AvgIpc) is 3.14. The molecule has 2 aromatic carbocycles. The Balaban J connectivity index is 1.56. The Labute approximate surface area is 162 Å². The SMILES string of the molecule is CSc1ccccc1NC(=O)CN(C)C(=O)/C=C/c1ccc2c(c1)OCO2. The van der Waals surface area contributed by atoms with Crippen LogP contribution in [0.5, 0.6) is 11.5 Å². The molecule has 140 valence electrons. The predicted molar refractivity (Wildman–Crippen MR) is 106 cm³/mol. The molecule has 0 atom stereocenters. The number of fused-ring (bicyclic) bond motifs is 1. The summed E-state index contributed by atoms with van der Waals surface area (Å²) in [6.07, 6.45) is 5.06. The maximum absolute atomic E-state index is 12.3. The number of carbonyl (C=O) groups is 2. The molecule has 0 radical (unpaired) electrons. The minimum Gasteiger partial charge on any atom is -0.454 e. The van der Waals surface area contributed by atoms with E-state index >= 15 is 0 Å². The maximum Gasteiger partial charge on any atom is 0.246 e. The van der Waals surface area contributed by atoms with E-state index < -0.39 is 0 Å². The summed E-state index contributed by atoms with van der Waals surface area (Å²) in [6, 6.07) is 13.0. The highest BCUT2D eigenvalue weighted by Gasteiger charge is 2.14. The van der Waals surface area contributed by atoms with Gasteiger partial charge in [-0.1, -0.05) is 18.2 Å². The molecule has 2 amide bonds. The third-order valence-corrected chi connectivity index (χ3v) is 4.75. The van der Waals surface area contributed by atoms with Gasteiger partial charge in [0.05, 0.1) is 12.2 Å². The Morgan fingerprint density at radius 3 is 2.78 bits per heavy atom. The van der Waals surface area contributed by atoms with E-state index in [1.54, 1.807) is 37.0 Å². The Morgan fingerprint density at radius 1 is 1.19 bits per heavy atom. The van der Waals surface area contributed by atoms with Crippen LogP contribution in [0.4, 0.5) is 5.69 Å². The summed E-state index contributed by atoms with van der Waals surface area (Å²) < 4.78 is 10.6. The quantitative estimate of drug-likeness (QED) is 0.612. The van der Waals surface area contributed by atoms with Gasteiger partial charge in [-0.3, -0.25) is 9.59 Å². The first kappa shape index (κ1) is 18.8. The van der Waals surface area contributed by atoms with Crippen molar-refractivity contribution in [2.75, 3.05) is 32.0 Å². The number of rotatable bonds is 6. The van der Waals surface area contributed by atoms with Crippen LogP contribution >= 0.6 is 11.8 Å². The molecule has 3 rings (SSSR count). The number of amides is 2. The molecule has 1 aliphatic rings. The van der Waals surface area contributed by atoms with E-state index in [4.69, 9.17) is 9.47 Å². The lowest BCUT2D eigenvalue weighted by molar-refractivity contribution is -0.129. The van der Waals surface area contributed by atoms with Gasteiger partial charge < -0.3 is 19.7 Å². The van der Waals surface area contributed by atoms with E-state index in [-0.39, 0.29) is 25.2 Å². The third-order valence-electron chi connectivity index (χ3n) is 3.95. The van der Waals surface area contributed by atoms with Crippen LogP contribution in [-0.4, -0.2) is 43.4 Å². The van der Waals surface area contributed by atoms with E-state index in [1.807, 2.05) is 36.6 Å². The first-order valence-electron chi connectivity index (χ1n) is 8.32. The summed E-state index contributed by atoms with van der Waals surface area (Å²) in [6.45, 7) is 0.173. The zero-order valence-corrected chi connectivity index (χ0v) is 15.9. The molecule has 27 heavy (non-hydrogen) atoms. The van der Waals surface area contributed by atoms with Crippen LogP contribution in [-0.2, 0) is 9.59 Å². The molecular weight excluding hydrogens is 364 g/mol. The molecule has 6 nitrogen and oxygen atoms in total. The molecule has 1 N–H and O–H groups in total. The van der Waals surface area contributed by atoms with Crippen molar-refractivity contribution in [1.82, 2.24) is 4.90 Å².